The maximum atomic E-state index is 12.3. The van der Waals surface area contributed by atoms with Gasteiger partial charge in [-0.3, -0.25) is 0 Å². The fraction of sp³-hybridized carbons (Fsp3) is 0.333. The average Bonchev–Trinajstić information content (AvgIpc) is 2.72. The molecule has 1 unspecified atom stereocenters. The number of benzene rings is 2. The summed E-state index contributed by atoms with van der Waals surface area (Å²) in [5.74, 6) is 0.343. The van der Waals surface area contributed by atoms with Crippen LogP contribution in [-0.4, -0.2) is 24.8 Å². The van der Waals surface area contributed by atoms with Gasteiger partial charge in [-0.05, 0) is 61.1 Å². The van der Waals surface area contributed by atoms with Crippen LogP contribution in [0.25, 0.3) is 11.1 Å². The SMILES string of the molecule is C=CC(=O)OCOc1ccc(-c2ccc(C(=O)OC(C)CCC(C)C)cc2)cc1. The Hall–Kier alpha value is -3.08. The van der Waals surface area contributed by atoms with E-state index in [1.807, 2.05) is 31.2 Å². The molecule has 0 saturated carbocycles. The zero-order chi connectivity index (χ0) is 21.2. The average molecular weight is 396 g/mol. The Morgan fingerprint density at radius 1 is 0.931 bits per heavy atom. The zero-order valence-electron chi connectivity index (χ0n) is 17.2. The van der Waals surface area contributed by atoms with Gasteiger partial charge in [0, 0.05) is 6.08 Å². The van der Waals surface area contributed by atoms with Crippen molar-refractivity contribution in [1.82, 2.24) is 0 Å². The summed E-state index contributed by atoms with van der Waals surface area (Å²) >= 11 is 0. The molecule has 2 aromatic carbocycles. The number of ether oxygens (including phenoxy) is 3. The lowest BCUT2D eigenvalue weighted by atomic mass is 10.0. The maximum Gasteiger partial charge on any atom is 0.338 e. The monoisotopic (exact) mass is 396 g/mol. The van der Waals surface area contributed by atoms with Gasteiger partial charge in [-0.15, -0.1) is 0 Å². The van der Waals surface area contributed by atoms with Crippen molar-refractivity contribution in [2.45, 2.75) is 39.7 Å². The van der Waals surface area contributed by atoms with Gasteiger partial charge in [-0.25, -0.2) is 9.59 Å². The summed E-state index contributed by atoms with van der Waals surface area (Å²) in [4.78, 5) is 23.3. The van der Waals surface area contributed by atoms with E-state index in [-0.39, 0.29) is 18.9 Å². The molecule has 0 bridgehead atoms. The van der Waals surface area contributed by atoms with Crippen molar-refractivity contribution in [3.05, 3.63) is 66.7 Å². The summed E-state index contributed by atoms with van der Waals surface area (Å²) in [7, 11) is 0. The first-order valence-electron chi connectivity index (χ1n) is 9.72. The second-order valence-corrected chi connectivity index (χ2v) is 7.22. The van der Waals surface area contributed by atoms with Gasteiger partial charge in [-0.2, -0.15) is 0 Å². The van der Waals surface area contributed by atoms with Crippen LogP contribution in [0.2, 0.25) is 0 Å². The van der Waals surface area contributed by atoms with Crippen molar-refractivity contribution in [3.8, 4) is 16.9 Å². The Kier molecular flexibility index (Phi) is 8.46. The predicted molar refractivity (Wildman–Crippen MR) is 113 cm³/mol. The third-order valence-electron chi connectivity index (χ3n) is 4.36. The Morgan fingerprint density at radius 2 is 1.52 bits per heavy atom. The van der Waals surface area contributed by atoms with Crippen LogP contribution in [0.1, 0.15) is 44.0 Å². The van der Waals surface area contributed by atoms with Crippen LogP contribution in [0.15, 0.2) is 61.2 Å². The molecule has 0 aromatic heterocycles. The fourth-order valence-electron chi connectivity index (χ4n) is 2.63. The number of hydrogen-bond acceptors (Lipinski definition) is 5. The molecule has 154 valence electrons. The van der Waals surface area contributed by atoms with E-state index in [1.165, 1.54) is 0 Å². The quantitative estimate of drug-likeness (QED) is 0.306. The molecule has 5 heteroatoms. The minimum Gasteiger partial charge on any atom is -0.459 e. The Bertz CT molecular complexity index is 806. The molecule has 0 aliphatic heterocycles. The van der Waals surface area contributed by atoms with Crippen molar-refractivity contribution in [2.75, 3.05) is 6.79 Å². The molecule has 0 aliphatic rings. The van der Waals surface area contributed by atoms with E-state index in [4.69, 9.17) is 14.2 Å². The minimum atomic E-state index is -0.533. The van der Waals surface area contributed by atoms with Gasteiger partial charge < -0.3 is 14.2 Å². The molecular weight excluding hydrogens is 368 g/mol. The van der Waals surface area contributed by atoms with Crippen LogP contribution >= 0.6 is 0 Å². The highest BCUT2D eigenvalue weighted by Crippen LogP contribution is 2.23. The predicted octanol–water partition coefficient (Wildman–Crippen LogP) is 5.40. The first-order chi connectivity index (χ1) is 13.9. The lowest BCUT2D eigenvalue weighted by Crippen LogP contribution is -2.15. The summed E-state index contributed by atoms with van der Waals surface area (Å²) in [6.45, 7) is 9.39. The van der Waals surface area contributed by atoms with Crippen LogP contribution in [0.4, 0.5) is 0 Å². The van der Waals surface area contributed by atoms with Crippen LogP contribution in [0.3, 0.4) is 0 Å². The largest absolute Gasteiger partial charge is 0.459 e. The summed E-state index contributed by atoms with van der Waals surface area (Å²) < 4.78 is 15.6. The highest BCUT2D eigenvalue weighted by Gasteiger charge is 2.12. The van der Waals surface area contributed by atoms with E-state index in [2.05, 4.69) is 20.4 Å². The second-order valence-electron chi connectivity index (χ2n) is 7.22. The first-order valence-corrected chi connectivity index (χ1v) is 9.72. The second kappa shape index (κ2) is 11.1. The molecule has 2 rings (SSSR count). The van der Waals surface area contributed by atoms with Crippen LogP contribution in [0, 0.1) is 5.92 Å². The zero-order valence-corrected chi connectivity index (χ0v) is 17.2. The molecule has 0 fully saturated rings. The Labute approximate surface area is 172 Å². The third kappa shape index (κ3) is 7.45. The molecule has 2 aromatic rings. The van der Waals surface area contributed by atoms with Gasteiger partial charge in [0.1, 0.15) is 5.75 Å². The number of esters is 2. The molecule has 0 spiro atoms. The highest BCUT2D eigenvalue weighted by molar-refractivity contribution is 5.90. The molecule has 29 heavy (non-hydrogen) atoms. The smallest absolute Gasteiger partial charge is 0.338 e. The normalized spacial score (nSPS) is 11.6. The summed E-state index contributed by atoms with van der Waals surface area (Å²) in [6.07, 6.45) is 2.88. The minimum absolute atomic E-state index is 0.0946. The molecule has 0 heterocycles. The van der Waals surface area contributed by atoms with Gasteiger partial charge in [-0.1, -0.05) is 44.7 Å². The number of rotatable bonds is 10. The van der Waals surface area contributed by atoms with E-state index in [0.29, 0.717) is 17.2 Å². The van der Waals surface area contributed by atoms with Crippen molar-refractivity contribution in [2.24, 2.45) is 5.92 Å². The summed E-state index contributed by atoms with van der Waals surface area (Å²) in [5.41, 5.74) is 2.49. The lowest BCUT2D eigenvalue weighted by Gasteiger charge is -2.14. The third-order valence-corrected chi connectivity index (χ3v) is 4.36. The fourth-order valence-corrected chi connectivity index (χ4v) is 2.63. The molecule has 0 saturated heterocycles. The molecule has 5 nitrogen and oxygen atoms in total. The summed E-state index contributed by atoms with van der Waals surface area (Å²) in [6, 6.07) is 14.7. The Balaban J connectivity index is 1.91. The van der Waals surface area contributed by atoms with Gasteiger partial charge >= 0.3 is 11.9 Å². The highest BCUT2D eigenvalue weighted by atomic mass is 16.7. The summed E-state index contributed by atoms with van der Waals surface area (Å²) in [5, 5.41) is 0. The van der Waals surface area contributed by atoms with E-state index in [0.717, 1.165) is 30.0 Å². The standard InChI is InChI=1S/C24H28O5/c1-5-23(25)28-16-27-22-14-12-20(13-15-22)19-8-10-21(11-9-19)24(26)29-18(4)7-6-17(2)3/h5,8-15,17-18H,1,6-7,16H2,2-4H3. The van der Waals surface area contributed by atoms with Gasteiger partial charge in [0.2, 0.25) is 6.79 Å². The molecule has 0 amide bonds. The van der Waals surface area contributed by atoms with E-state index < -0.39 is 5.97 Å². The van der Waals surface area contributed by atoms with Crippen molar-refractivity contribution < 1.29 is 23.8 Å². The van der Waals surface area contributed by atoms with Crippen LogP contribution in [0.5, 0.6) is 5.75 Å². The van der Waals surface area contributed by atoms with E-state index >= 15 is 0 Å². The van der Waals surface area contributed by atoms with Crippen LogP contribution < -0.4 is 4.74 Å². The number of carbonyl (C=O) groups excluding carboxylic acids is 2. The number of carbonyl (C=O) groups is 2. The topological polar surface area (TPSA) is 61.8 Å². The lowest BCUT2D eigenvalue weighted by molar-refractivity contribution is -0.144. The Morgan fingerprint density at radius 3 is 2.07 bits per heavy atom. The van der Waals surface area contributed by atoms with Gasteiger partial charge in [0.15, 0.2) is 0 Å². The molecule has 1 atom stereocenters. The van der Waals surface area contributed by atoms with E-state index in [1.54, 1.807) is 24.3 Å². The van der Waals surface area contributed by atoms with Gasteiger partial charge in [0.25, 0.3) is 0 Å². The van der Waals surface area contributed by atoms with Crippen molar-refractivity contribution >= 4 is 11.9 Å². The molecular formula is C24H28O5. The molecule has 0 aliphatic carbocycles. The first kappa shape index (κ1) is 22.2. The molecule has 0 radical (unpaired) electrons. The molecule has 0 N–H and O–H groups in total. The number of hydrogen-bond donors (Lipinski definition) is 0. The van der Waals surface area contributed by atoms with Crippen molar-refractivity contribution in [1.29, 1.82) is 0 Å². The van der Waals surface area contributed by atoms with Crippen LogP contribution in [-0.2, 0) is 14.3 Å². The van der Waals surface area contributed by atoms with E-state index in [9.17, 15) is 9.59 Å². The maximum absolute atomic E-state index is 12.3. The van der Waals surface area contributed by atoms with Gasteiger partial charge in [0.05, 0.1) is 11.7 Å². The van der Waals surface area contributed by atoms with Crippen molar-refractivity contribution in [3.63, 3.8) is 0 Å².